The van der Waals surface area contributed by atoms with E-state index in [9.17, 15) is 9.90 Å². The van der Waals surface area contributed by atoms with Crippen LogP contribution < -0.4 is 10.6 Å². The molecule has 0 aromatic heterocycles. The molecule has 4 heteroatoms. The summed E-state index contributed by atoms with van der Waals surface area (Å²) in [5.74, 6) is 0.403. The van der Waals surface area contributed by atoms with Gasteiger partial charge in [-0.05, 0) is 43.4 Å². The van der Waals surface area contributed by atoms with Gasteiger partial charge >= 0.3 is 0 Å². The van der Waals surface area contributed by atoms with Crippen molar-refractivity contribution >= 4 is 5.91 Å². The Morgan fingerprint density at radius 3 is 3.05 bits per heavy atom. The van der Waals surface area contributed by atoms with Gasteiger partial charge in [0.1, 0.15) is 5.75 Å². The Labute approximate surface area is 114 Å². The van der Waals surface area contributed by atoms with Gasteiger partial charge in [-0.1, -0.05) is 19.1 Å². The van der Waals surface area contributed by atoms with E-state index in [1.165, 1.54) is 0 Å². The quantitative estimate of drug-likeness (QED) is 0.759. The van der Waals surface area contributed by atoms with Gasteiger partial charge in [0, 0.05) is 12.6 Å². The standard InChI is InChI=1S/C15H22N2O2/c1-3-9-16-15(19)10(2)17-13-8-7-12-11(13)5-4-6-14(12)18/h4-6,10,13,17-18H,3,7-9H2,1-2H3,(H,16,19). The number of aromatic hydroxyl groups is 1. The predicted octanol–water partition coefficient (Wildman–Crippen LogP) is 1.88. The first-order valence-electron chi connectivity index (χ1n) is 6.98. The van der Waals surface area contributed by atoms with Gasteiger partial charge in [-0.25, -0.2) is 0 Å². The van der Waals surface area contributed by atoms with Crippen molar-refractivity contribution in [3.8, 4) is 5.75 Å². The minimum atomic E-state index is -0.218. The lowest BCUT2D eigenvalue weighted by molar-refractivity contribution is -0.122. The molecule has 1 amide bonds. The number of hydrogen-bond donors (Lipinski definition) is 3. The van der Waals surface area contributed by atoms with E-state index in [1.807, 2.05) is 26.0 Å². The fraction of sp³-hybridized carbons (Fsp3) is 0.533. The topological polar surface area (TPSA) is 61.4 Å². The Morgan fingerprint density at radius 2 is 2.32 bits per heavy atom. The van der Waals surface area contributed by atoms with Crippen LogP contribution in [-0.2, 0) is 11.2 Å². The third-order valence-electron chi connectivity index (χ3n) is 3.64. The first kappa shape index (κ1) is 13.9. The van der Waals surface area contributed by atoms with Crippen LogP contribution in [0.2, 0.25) is 0 Å². The second-order valence-electron chi connectivity index (χ2n) is 5.12. The van der Waals surface area contributed by atoms with Gasteiger partial charge in [-0.2, -0.15) is 0 Å². The van der Waals surface area contributed by atoms with Crippen molar-refractivity contribution in [3.05, 3.63) is 29.3 Å². The normalized spacial score (nSPS) is 18.9. The highest BCUT2D eigenvalue weighted by atomic mass is 16.3. The molecule has 1 aromatic rings. The lowest BCUT2D eigenvalue weighted by Crippen LogP contribution is -2.43. The minimum absolute atomic E-state index is 0.0375. The summed E-state index contributed by atoms with van der Waals surface area (Å²) >= 11 is 0. The molecule has 2 atom stereocenters. The number of rotatable bonds is 5. The number of phenolic OH excluding ortho intramolecular Hbond substituents is 1. The smallest absolute Gasteiger partial charge is 0.236 e. The van der Waals surface area contributed by atoms with Crippen LogP contribution in [0.4, 0.5) is 0 Å². The molecule has 1 aliphatic carbocycles. The van der Waals surface area contributed by atoms with Crippen LogP contribution in [0.3, 0.4) is 0 Å². The van der Waals surface area contributed by atoms with E-state index < -0.39 is 0 Å². The van der Waals surface area contributed by atoms with Gasteiger partial charge in [0.25, 0.3) is 0 Å². The number of nitrogens with one attached hydrogen (secondary N) is 2. The summed E-state index contributed by atoms with van der Waals surface area (Å²) < 4.78 is 0. The molecule has 104 valence electrons. The summed E-state index contributed by atoms with van der Waals surface area (Å²) in [5.41, 5.74) is 2.14. The number of benzene rings is 1. The van der Waals surface area contributed by atoms with Crippen molar-refractivity contribution in [2.24, 2.45) is 0 Å². The highest BCUT2D eigenvalue weighted by Gasteiger charge is 2.27. The molecular formula is C15H22N2O2. The van der Waals surface area contributed by atoms with Crippen LogP contribution in [-0.4, -0.2) is 23.6 Å². The largest absolute Gasteiger partial charge is 0.508 e. The molecule has 19 heavy (non-hydrogen) atoms. The molecular weight excluding hydrogens is 240 g/mol. The molecule has 2 unspecified atom stereocenters. The van der Waals surface area contributed by atoms with Gasteiger partial charge in [-0.15, -0.1) is 0 Å². The number of hydrogen-bond acceptors (Lipinski definition) is 3. The summed E-state index contributed by atoms with van der Waals surface area (Å²) in [7, 11) is 0. The summed E-state index contributed by atoms with van der Waals surface area (Å²) in [6, 6.07) is 5.54. The van der Waals surface area contributed by atoms with Crippen molar-refractivity contribution < 1.29 is 9.90 Å². The van der Waals surface area contributed by atoms with Crippen LogP contribution in [0.25, 0.3) is 0 Å². The van der Waals surface area contributed by atoms with E-state index in [0.29, 0.717) is 12.3 Å². The van der Waals surface area contributed by atoms with Crippen LogP contribution in [0.15, 0.2) is 18.2 Å². The van der Waals surface area contributed by atoms with Crippen molar-refractivity contribution in [3.63, 3.8) is 0 Å². The number of carbonyl (C=O) groups is 1. The number of fused-ring (bicyclic) bond motifs is 1. The summed E-state index contributed by atoms with van der Waals surface area (Å²) in [6.07, 6.45) is 2.74. The first-order valence-corrected chi connectivity index (χ1v) is 6.98. The molecule has 0 fully saturated rings. The van der Waals surface area contributed by atoms with E-state index in [4.69, 9.17) is 0 Å². The monoisotopic (exact) mass is 262 g/mol. The van der Waals surface area contributed by atoms with Crippen LogP contribution >= 0.6 is 0 Å². The van der Waals surface area contributed by atoms with E-state index in [-0.39, 0.29) is 18.0 Å². The Hall–Kier alpha value is -1.55. The third kappa shape index (κ3) is 3.07. The summed E-state index contributed by atoms with van der Waals surface area (Å²) in [4.78, 5) is 11.8. The summed E-state index contributed by atoms with van der Waals surface area (Å²) in [5, 5.41) is 16.0. The third-order valence-corrected chi connectivity index (χ3v) is 3.64. The van der Waals surface area contributed by atoms with Gasteiger partial charge in [-0.3, -0.25) is 10.1 Å². The zero-order valence-electron chi connectivity index (χ0n) is 11.6. The maximum atomic E-state index is 11.8. The zero-order chi connectivity index (χ0) is 13.8. The van der Waals surface area contributed by atoms with Gasteiger partial charge in [0.2, 0.25) is 5.91 Å². The average Bonchev–Trinajstić information content (AvgIpc) is 2.80. The average molecular weight is 262 g/mol. The Morgan fingerprint density at radius 1 is 1.53 bits per heavy atom. The molecule has 0 spiro atoms. The number of amides is 1. The van der Waals surface area contributed by atoms with E-state index in [2.05, 4.69) is 10.6 Å². The number of carbonyl (C=O) groups excluding carboxylic acids is 1. The summed E-state index contributed by atoms with van der Waals surface area (Å²) in [6.45, 7) is 4.63. The molecule has 0 aliphatic heterocycles. The van der Waals surface area contributed by atoms with E-state index >= 15 is 0 Å². The predicted molar refractivity (Wildman–Crippen MR) is 75.1 cm³/mol. The lowest BCUT2D eigenvalue weighted by atomic mass is 10.1. The Kier molecular flexibility index (Phi) is 4.43. The highest BCUT2D eigenvalue weighted by molar-refractivity contribution is 5.81. The van der Waals surface area contributed by atoms with E-state index in [1.54, 1.807) is 6.07 Å². The van der Waals surface area contributed by atoms with Gasteiger partial charge in [0.05, 0.1) is 6.04 Å². The minimum Gasteiger partial charge on any atom is -0.508 e. The van der Waals surface area contributed by atoms with Crippen LogP contribution in [0.5, 0.6) is 5.75 Å². The van der Waals surface area contributed by atoms with Gasteiger partial charge < -0.3 is 10.4 Å². The molecule has 0 saturated heterocycles. The molecule has 3 N–H and O–H groups in total. The van der Waals surface area contributed by atoms with Crippen LogP contribution in [0, 0.1) is 0 Å². The van der Waals surface area contributed by atoms with E-state index in [0.717, 1.165) is 30.4 Å². The molecule has 0 radical (unpaired) electrons. The molecule has 1 aliphatic rings. The maximum absolute atomic E-state index is 11.8. The Balaban J connectivity index is 1.99. The van der Waals surface area contributed by atoms with Crippen LogP contribution in [0.1, 0.15) is 43.9 Å². The first-order chi connectivity index (χ1) is 9.13. The lowest BCUT2D eigenvalue weighted by Gasteiger charge is -2.20. The highest BCUT2D eigenvalue weighted by Crippen LogP contribution is 2.36. The zero-order valence-corrected chi connectivity index (χ0v) is 11.6. The maximum Gasteiger partial charge on any atom is 0.236 e. The van der Waals surface area contributed by atoms with Gasteiger partial charge in [0.15, 0.2) is 0 Å². The van der Waals surface area contributed by atoms with Crippen molar-refractivity contribution in [2.75, 3.05) is 6.54 Å². The fourth-order valence-electron chi connectivity index (χ4n) is 2.59. The second kappa shape index (κ2) is 6.06. The Bertz CT molecular complexity index is 459. The van der Waals surface area contributed by atoms with Crippen molar-refractivity contribution in [1.29, 1.82) is 0 Å². The second-order valence-corrected chi connectivity index (χ2v) is 5.12. The molecule has 4 nitrogen and oxygen atoms in total. The molecule has 0 saturated carbocycles. The molecule has 1 aromatic carbocycles. The van der Waals surface area contributed by atoms with Crippen molar-refractivity contribution in [2.45, 2.75) is 45.2 Å². The molecule has 0 bridgehead atoms. The molecule has 2 rings (SSSR count). The number of phenols is 1. The van der Waals surface area contributed by atoms with Crippen molar-refractivity contribution in [1.82, 2.24) is 10.6 Å². The SMILES string of the molecule is CCCNC(=O)C(C)NC1CCc2c(O)cccc21. The molecule has 0 heterocycles. The fourth-order valence-corrected chi connectivity index (χ4v) is 2.59.